The van der Waals surface area contributed by atoms with E-state index < -0.39 is 5.91 Å². The van der Waals surface area contributed by atoms with Gasteiger partial charge in [0.25, 0.3) is 0 Å². The lowest BCUT2D eigenvalue weighted by Crippen LogP contribution is -2.31. The van der Waals surface area contributed by atoms with Gasteiger partial charge in [0.15, 0.2) is 0 Å². The smallest absolute Gasteiger partial charge is 0.248 e. The fourth-order valence-corrected chi connectivity index (χ4v) is 2.08. The van der Waals surface area contributed by atoms with Gasteiger partial charge in [0.05, 0.1) is 11.4 Å². The SMILES string of the molecule is CC(C)CC(C)N(C)c1cc(C(N)=O)ccc1N. The fourth-order valence-electron chi connectivity index (χ4n) is 2.08. The minimum atomic E-state index is -0.429. The van der Waals surface area contributed by atoms with E-state index in [9.17, 15) is 4.79 Å². The molecular weight excluding hydrogens is 226 g/mol. The number of anilines is 2. The van der Waals surface area contributed by atoms with Crippen molar-refractivity contribution in [2.45, 2.75) is 33.2 Å². The first kappa shape index (κ1) is 14.4. The van der Waals surface area contributed by atoms with Gasteiger partial charge in [0, 0.05) is 18.7 Å². The maximum absolute atomic E-state index is 11.2. The molecule has 0 aliphatic heterocycles. The summed E-state index contributed by atoms with van der Waals surface area (Å²) in [6.07, 6.45) is 1.07. The van der Waals surface area contributed by atoms with E-state index >= 15 is 0 Å². The molecule has 0 aliphatic carbocycles. The maximum atomic E-state index is 11.2. The minimum absolute atomic E-state index is 0.357. The van der Waals surface area contributed by atoms with Crippen LogP contribution in [0, 0.1) is 5.92 Å². The highest BCUT2D eigenvalue weighted by molar-refractivity contribution is 5.95. The van der Waals surface area contributed by atoms with Gasteiger partial charge in [-0.05, 0) is 37.5 Å². The number of nitrogen functional groups attached to an aromatic ring is 1. The van der Waals surface area contributed by atoms with Crippen LogP contribution in [-0.2, 0) is 0 Å². The van der Waals surface area contributed by atoms with E-state index in [1.807, 2.05) is 7.05 Å². The second-order valence-electron chi connectivity index (χ2n) is 5.23. The molecule has 4 N–H and O–H groups in total. The van der Waals surface area contributed by atoms with Gasteiger partial charge >= 0.3 is 0 Å². The number of benzene rings is 1. The highest BCUT2D eigenvalue weighted by Gasteiger charge is 2.15. The molecule has 0 bridgehead atoms. The monoisotopic (exact) mass is 249 g/mol. The van der Waals surface area contributed by atoms with Crippen molar-refractivity contribution in [2.75, 3.05) is 17.7 Å². The summed E-state index contributed by atoms with van der Waals surface area (Å²) < 4.78 is 0. The van der Waals surface area contributed by atoms with Crippen molar-refractivity contribution in [3.63, 3.8) is 0 Å². The van der Waals surface area contributed by atoms with Crippen molar-refractivity contribution < 1.29 is 4.79 Å². The Morgan fingerprint density at radius 1 is 1.33 bits per heavy atom. The number of rotatable bonds is 5. The third-order valence-corrected chi connectivity index (χ3v) is 3.17. The number of hydrogen-bond acceptors (Lipinski definition) is 3. The molecule has 0 aromatic heterocycles. The second-order valence-corrected chi connectivity index (χ2v) is 5.23. The van der Waals surface area contributed by atoms with Crippen LogP contribution in [0.1, 0.15) is 37.6 Å². The number of hydrogen-bond donors (Lipinski definition) is 2. The summed E-state index contributed by atoms with van der Waals surface area (Å²) in [5, 5.41) is 0. The van der Waals surface area contributed by atoms with E-state index in [1.165, 1.54) is 0 Å². The molecule has 1 rings (SSSR count). The number of primary amides is 1. The Labute approximate surface area is 109 Å². The molecule has 100 valence electrons. The first-order chi connectivity index (χ1) is 8.32. The van der Waals surface area contributed by atoms with Crippen molar-refractivity contribution in [1.29, 1.82) is 0 Å². The van der Waals surface area contributed by atoms with E-state index in [1.54, 1.807) is 18.2 Å². The quantitative estimate of drug-likeness (QED) is 0.786. The molecule has 18 heavy (non-hydrogen) atoms. The molecule has 0 saturated carbocycles. The van der Waals surface area contributed by atoms with Crippen molar-refractivity contribution in [2.24, 2.45) is 11.7 Å². The lowest BCUT2D eigenvalue weighted by molar-refractivity contribution is 0.100. The molecule has 0 aliphatic rings. The van der Waals surface area contributed by atoms with Gasteiger partial charge in [-0.3, -0.25) is 4.79 Å². The van der Waals surface area contributed by atoms with Gasteiger partial charge in [-0.2, -0.15) is 0 Å². The summed E-state index contributed by atoms with van der Waals surface area (Å²) in [5.41, 5.74) is 13.3. The van der Waals surface area contributed by atoms with E-state index in [2.05, 4.69) is 25.7 Å². The van der Waals surface area contributed by atoms with Crippen molar-refractivity contribution in [1.82, 2.24) is 0 Å². The first-order valence-corrected chi connectivity index (χ1v) is 6.25. The number of carbonyl (C=O) groups excluding carboxylic acids is 1. The van der Waals surface area contributed by atoms with Gasteiger partial charge in [-0.25, -0.2) is 0 Å². The zero-order chi connectivity index (χ0) is 13.9. The van der Waals surface area contributed by atoms with Crippen LogP contribution >= 0.6 is 0 Å². The van der Waals surface area contributed by atoms with Gasteiger partial charge in [0.1, 0.15) is 0 Å². The average Bonchev–Trinajstić information content (AvgIpc) is 2.27. The van der Waals surface area contributed by atoms with Crippen molar-refractivity contribution in [3.8, 4) is 0 Å². The normalized spacial score (nSPS) is 12.5. The Kier molecular flexibility index (Phi) is 4.59. The first-order valence-electron chi connectivity index (χ1n) is 6.25. The third kappa shape index (κ3) is 3.39. The molecule has 1 aromatic carbocycles. The van der Waals surface area contributed by atoms with Crippen LogP contribution < -0.4 is 16.4 Å². The maximum Gasteiger partial charge on any atom is 0.248 e. The highest BCUT2D eigenvalue weighted by Crippen LogP contribution is 2.26. The summed E-state index contributed by atoms with van der Waals surface area (Å²) >= 11 is 0. The van der Waals surface area contributed by atoms with Crippen molar-refractivity contribution >= 4 is 17.3 Å². The molecule has 4 nitrogen and oxygen atoms in total. The fraction of sp³-hybridized carbons (Fsp3) is 0.500. The number of nitrogens with two attached hydrogens (primary N) is 2. The molecule has 0 heterocycles. The summed E-state index contributed by atoms with van der Waals surface area (Å²) in [6.45, 7) is 6.53. The van der Waals surface area contributed by atoms with Crippen LogP contribution in [0.25, 0.3) is 0 Å². The Hall–Kier alpha value is -1.71. The van der Waals surface area contributed by atoms with Gasteiger partial charge in [-0.1, -0.05) is 13.8 Å². The van der Waals surface area contributed by atoms with E-state index in [0.717, 1.165) is 12.1 Å². The third-order valence-electron chi connectivity index (χ3n) is 3.17. The molecule has 0 fully saturated rings. The van der Waals surface area contributed by atoms with Crippen LogP contribution in [0.4, 0.5) is 11.4 Å². The molecule has 1 atom stereocenters. The molecular formula is C14H23N3O. The Balaban J connectivity index is 3.00. The molecule has 1 amide bonds. The van der Waals surface area contributed by atoms with Crippen LogP contribution in [0.2, 0.25) is 0 Å². The lowest BCUT2D eigenvalue weighted by atomic mass is 10.0. The van der Waals surface area contributed by atoms with Gasteiger partial charge in [0.2, 0.25) is 5.91 Å². The zero-order valence-corrected chi connectivity index (χ0v) is 11.6. The molecule has 4 heteroatoms. The Bertz CT molecular complexity index is 429. The highest BCUT2D eigenvalue weighted by atomic mass is 16.1. The standard InChI is InChI=1S/C14H23N3O/c1-9(2)7-10(3)17(4)13-8-11(14(16)18)5-6-12(13)15/h5-6,8-10H,7,15H2,1-4H3,(H2,16,18). The zero-order valence-electron chi connectivity index (χ0n) is 11.6. The summed E-state index contributed by atoms with van der Waals surface area (Å²) in [5.74, 6) is 0.184. The number of amides is 1. The van der Waals surface area contributed by atoms with Crippen molar-refractivity contribution in [3.05, 3.63) is 23.8 Å². The van der Waals surface area contributed by atoms with Crippen LogP contribution in [0.15, 0.2) is 18.2 Å². The topological polar surface area (TPSA) is 72.3 Å². The van der Waals surface area contributed by atoms with Gasteiger partial charge in [-0.15, -0.1) is 0 Å². The van der Waals surface area contributed by atoms with Crippen LogP contribution in [0.5, 0.6) is 0 Å². The molecule has 0 saturated heterocycles. The van der Waals surface area contributed by atoms with E-state index in [0.29, 0.717) is 23.2 Å². The Morgan fingerprint density at radius 2 is 1.94 bits per heavy atom. The summed E-state index contributed by atoms with van der Waals surface area (Å²) in [7, 11) is 1.99. The minimum Gasteiger partial charge on any atom is -0.397 e. The Morgan fingerprint density at radius 3 is 2.44 bits per heavy atom. The molecule has 0 spiro atoms. The molecule has 0 radical (unpaired) electrons. The summed E-state index contributed by atoms with van der Waals surface area (Å²) in [4.78, 5) is 13.3. The van der Waals surface area contributed by atoms with E-state index in [-0.39, 0.29) is 0 Å². The largest absolute Gasteiger partial charge is 0.397 e. The lowest BCUT2D eigenvalue weighted by Gasteiger charge is -2.29. The average molecular weight is 249 g/mol. The predicted octanol–water partition coefficient (Wildman–Crippen LogP) is 2.24. The second kappa shape index (κ2) is 5.76. The number of carbonyl (C=O) groups is 1. The summed E-state index contributed by atoms with van der Waals surface area (Å²) in [6, 6.07) is 5.50. The van der Waals surface area contributed by atoms with Crippen LogP contribution in [-0.4, -0.2) is 19.0 Å². The molecule has 1 aromatic rings. The predicted molar refractivity (Wildman–Crippen MR) is 76.7 cm³/mol. The van der Waals surface area contributed by atoms with Gasteiger partial charge < -0.3 is 16.4 Å². The van der Waals surface area contributed by atoms with E-state index in [4.69, 9.17) is 11.5 Å². The number of nitrogens with zero attached hydrogens (tertiary/aromatic N) is 1. The van der Waals surface area contributed by atoms with Crippen LogP contribution in [0.3, 0.4) is 0 Å². The molecule has 1 unspecified atom stereocenters.